The summed E-state index contributed by atoms with van der Waals surface area (Å²) in [5.74, 6) is -0.285. The van der Waals surface area contributed by atoms with E-state index >= 15 is 0 Å². The zero-order valence-electron chi connectivity index (χ0n) is 9.58. The fraction of sp³-hybridized carbons (Fsp3) is 0.100. The van der Waals surface area contributed by atoms with Crippen molar-refractivity contribution < 1.29 is 14.1 Å². The number of non-ortho nitro benzene ring substituents is 1. The molecule has 0 unspecified atom stereocenters. The lowest BCUT2D eigenvalue weighted by atomic mass is 10.2. The van der Waals surface area contributed by atoms with Crippen LogP contribution in [-0.2, 0) is 0 Å². The number of rotatable bonds is 3. The normalized spacial score (nSPS) is 10.2. The molecular formula is C10H7BrN4O4. The van der Waals surface area contributed by atoms with Gasteiger partial charge in [0.1, 0.15) is 0 Å². The van der Waals surface area contributed by atoms with E-state index in [9.17, 15) is 14.9 Å². The number of nitro benzene ring substituents is 1. The number of halogens is 1. The molecule has 0 fully saturated rings. The van der Waals surface area contributed by atoms with Crippen LogP contribution < -0.4 is 5.32 Å². The second kappa shape index (κ2) is 5.14. The minimum absolute atomic E-state index is 0.0686. The van der Waals surface area contributed by atoms with Crippen LogP contribution in [0.2, 0.25) is 0 Å². The number of aromatic nitrogens is 2. The topological polar surface area (TPSA) is 111 Å². The van der Waals surface area contributed by atoms with Gasteiger partial charge < -0.3 is 4.42 Å². The lowest BCUT2D eigenvalue weighted by Gasteiger charge is -2.03. The van der Waals surface area contributed by atoms with Crippen molar-refractivity contribution in [1.82, 2.24) is 10.2 Å². The summed E-state index contributed by atoms with van der Waals surface area (Å²) in [5.41, 5.74) is -0.0832. The van der Waals surface area contributed by atoms with Gasteiger partial charge in [-0.3, -0.25) is 20.2 Å². The lowest BCUT2D eigenvalue weighted by molar-refractivity contribution is -0.384. The Hall–Kier alpha value is -2.29. The molecule has 8 nitrogen and oxygen atoms in total. The predicted octanol–water partition coefficient (Wildman–Crippen LogP) is 2.30. The zero-order chi connectivity index (χ0) is 14.0. The average molecular weight is 327 g/mol. The zero-order valence-corrected chi connectivity index (χ0v) is 11.2. The Bertz CT molecular complexity index is 655. The summed E-state index contributed by atoms with van der Waals surface area (Å²) in [6.45, 7) is 1.58. The molecule has 2 rings (SSSR count). The summed E-state index contributed by atoms with van der Waals surface area (Å²) in [4.78, 5) is 22.0. The van der Waals surface area contributed by atoms with E-state index in [1.54, 1.807) is 6.92 Å². The highest BCUT2D eigenvalue weighted by molar-refractivity contribution is 9.10. The number of hydrogen-bond donors (Lipinski definition) is 1. The molecule has 0 bridgehead atoms. The van der Waals surface area contributed by atoms with Crippen molar-refractivity contribution in [2.24, 2.45) is 0 Å². The maximum atomic E-state index is 11.9. The van der Waals surface area contributed by atoms with E-state index in [2.05, 4.69) is 31.4 Å². The van der Waals surface area contributed by atoms with E-state index in [1.807, 2.05) is 0 Å². The van der Waals surface area contributed by atoms with E-state index in [0.717, 1.165) is 6.07 Å². The minimum atomic E-state index is -0.584. The Morgan fingerprint density at radius 3 is 2.79 bits per heavy atom. The van der Waals surface area contributed by atoms with Crippen molar-refractivity contribution in [2.45, 2.75) is 6.92 Å². The number of carbonyl (C=O) groups excluding carboxylic acids is 1. The molecule has 1 N–H and O–H groups in total. The summed E-state index contributed by atoms with van der Waals surface area (Å²) < 4.78 is 5.41. The van der Waals surface area contributed by atoms with Crippen molar-refractivity contribution in [3.05, 3.63) is 44.2 Å². The molecule has 0 saturated heterocycles. The summed E-state index contributed by atoms with van der Waals surface area (Å²) in [6.07, 6.45) is 0. The van der Waals surface area contributed by atoms with Crippen LogP contribution in [-0.4, -0.2) is 21.0 Å². The fourth-order valence-electron chi connectivity index (χ4n) is 1.31. The van der Waals surface area contributed by atoms with Crippen LogP contribution >= 0.6 is 15.9 Å². The van der Waals surface area contributed by atoms with Gasteiger partial charge in [-0.2, -0.15) is 0 Å². The van der Waals surface area contributed by atoms with Crippen molar-refractivity contribution in [3.8, 4) is 0 Å². The first-order valence-electron chi connectivity index (χ1n) is 5.03. The van der Waals surface area contributed by atoms with Crippen molar-refractivity contribution >= 4 is 33.5 Å². The number of aryl methyl sites for hydroxylation is 1. The van der Waals surface area contributed by atoms with Crippen molar-refractivity contribution in [1.29, 1.82) is 0 Å². The molecule has 0 aliphatic rings. The molecular weight excluding hydrogens is 320 g/mol. The summed E-state index contributed by atoms with van der Waals surface area (Å²) in [7, 11) is 0. The van der Waals surface area contributed by atoms with E-state index in [0.29, 0.717) is 10.4 Å². The van der Waals surface area contributed by atoms with Gasteiger partial charge in [0.15, 0.2) is 0 Å². The second-order valence-corrected chi connectivity index (χ2v) is 4.36. The molecule has 1 heterocycles. The largest absolute Gasteiger partial charge is 0.408 e. The van der Waals surface area contributed by atoms with Gasteiger partial charge in [-0.25, -0.2) is 0 Å². The molecule has 0 atom stereocenters. The van der Waals surface area contributed by atoms with Crippen LogP contribution in [0.1, 0.15) is 16.2 Å². The van der Waals surface area contributed by atoms with Gasteiger partial charge in [0.05, 0.1) is 10.5 Å². The monoisotopic (exact) mass is 326 g/mol. The van der Waals surface area contributed by atoms with Gasteiger partial charge in [0, 0.05) is 23.5 Å². The van der Waals surface area contributed by atoms with Gasteiger partial charge >= 0.3 is 6.01 Å². The SMILES string of the molecule is Cc1nnc(NC(=O)c2cc([N+](=O)[O-])ccc2Br)o1. The van der Waals surface area contributed by atoms with Gasteiger partial charge in [0.2, 0.25) is 5.89 Å². The number of carbonyl (C=O) groups is 1. The lowest BCUT2D eigenvalue weighted by Crippen LogP contribution is -2.13. The van der Waals surface area contributed by atoms with Gasteiger partial charge in [-0.05, 0) is 22.0 Å². The Morgan fingerprint density at radius 1 is 1.47 bits per heavy atom. The van der Waals surface area contributed by atoms with Crippen LogP contribution in [0.25, 0.3) is 0 Å². The minimum Gasteiger partial charge on any atom is -0.408 e. The second-order valence-electron chi connectivity index (χ2n) is 3.50. The quantitative estimate of drug-likeness (QED) is 0.684. The van der Waals surface area contributed by atoms with E-state index in [1.165, 1.54) is 12.1 Å². The Morgan fingerprint density at radius 2 is 2.21 bits per heavy atom. The number of amides is 1. The standard InChI is InChI=1S/C10H7BrN4O4/c1-5-13-14-10(19-5)12-9(16)7-4-6(15(17)18)2-3-8(7)11/h2-4H,1H3,(H,12,14,16). The molecule has 1 aromatic heterocycles. The predicted molar refractivity (Wildman–Crippen MR) is 67.8 cm³/mol. The highest BCUT2D eigenvalue weighted by atomic mass is 79.9. The van der Waals surface area contributed by atoms with Gasteiger partial charge in [0.25, 0.3) is 11.6 Å². The molecule has 1 aromatic carbocycles. The Kier molecular flexibility index (Phi) is 3.56. The highest BCUT2D eigenvalue weighted by Gasteiger charge is 2.17. The average Bonchev–Trinajstić information content (AvgIpc) is 2.74. The molecule has 0 saturated carbocycles. The number of nitrogens with one attached hydrogen (secondary N) is 1. The van der Waals surface area contributed by atoms with Gasteiger partial charge in [-0.15, -0.1) is 5.10 Å². The third-order valence-electron chi connectivity index (χ3n) is 2.15. The van der Waals surface area contributed by atoms with Crippen molar-refractivity contribution in [2.75, 3.05) is 5.32 Å². The molecule has 0 aliphatic carbocycles. The van der Waals surface area contributed by atoms with E-state index < -0.39 is 10.8 Å². The van der Waals surface area contributed by atoms with Gasteiger partial charge in [-0.1, -0.05) is 5.10 Å². The molecule has 0 radical (unpaired) electrons. The first-order valence-corrected chi connectivity index (χ1v) is 5.82. The fourth-order valence-corrected chi connectivity index (χ4v) is 1.74. The molecule has 19 heavy (non-hydrogen) atoms. The molecule has 0 aliphatic heterocycles. The Labute approximate surface area is 115 Å². The summed E-state index contributed by atoms with van der Waals surface area (Å²) >= 11 is 3.15. The first kappa shape index (κ1) is 13.1. The van der Waals surface area contributed by atoms with Crippen LogP contribution in [0.5, 0.6) is 0 Å². The number of anilines is 1. The Balaban J connectivity index is 2.27. The first-order chi connectivity index (χ1) is 8.97. The maximum Gasteiger partial charge on any atom is 0.322 e. The number of hydrogen-bond acceptors (Lipinski definition) is 6. The van der Waals surface area contributed by atoms with Crippen LogP contribution in [0, 0.1) is 17.0 Å². The number of nitro groups is 1. The van der Waals surface area contributed by atoms with E-state index in [4.69, 9.17) is 4.42 Å². The third-order valence-corrected chi connectivity index (χ3v) is 2.84. The summed E-state index contributed by atoms with van der Waals surface area (Å²) in [6, 6.07) is 3.80. The molecule has 2 aromatic rings. The number of benzene rings is 1. The maximum absolute atomic E-state index is 11.9. The molecule has 1 amide bonds. The van der Waals surface area contributed by atoms with E-state index in [-0.39, 0.29) is 17.3 Å². The van der Waals surface area contributed by atoms with Crippen molar-refractivity contribution in [3.63, 3.8) is 0 Å². The summed E-state index contributed by atoms with van der Waals surface area (Å²) in [5, 5.41) is 20.2. The smallest absolute Gasteiger partial charge is 0.322 e. The number of nitrogens with zero attached hydrogens (tertiary/aromatic N) is 3. The molecule has 9 heteroatoms. The van der Waals surface area contributed by atoms with Crippen LogP contribution in [0.4, 0.5) is 11.7 Å². The molecule has 0 spiro atoms. The highest BCUT2D eigenvalue weighted by Crippen LogP contribution is 2.23. The molecule has 98 valence electrons. The third kappa shape index (κ3) is 2.94. The van der Waals surface area contributed by atoms with Crippen LogP contribution in [0.15, 0.2) is 27.1 Å². The van der Waals surface area contributed by atoms with Crippen LogP contribution in [0.3, 0.4) is 0 Å².